The van der Waals surface area contributed by atoms with Crippen molar-refractivity contribution < 1.29 is 13.6 Å². The van der Waals surface area contributed by atoms with Crippen molar-refractivity contribution in [1.29, 1.82) is 0 Å². The van der Waals surface area contributed by atoms with Crippen LogP contribution < -0.4 is 10.9 Å². The van der Waals surface area contributed by atoms with Crippen molar-refractivity contribution in [3.63, 3.8) is 0 Å². The molecule has 7 aromatic rings. The van der Waals surface area contributed by atoms with E-state index in [2.05, 4.69) is 10.3 Å². The van der Waals surface area contributed by atoms with Crippen molar-refractivity contribution in [2.75, 3.05) is 5.32 Å². The monoisotopic (exact) mass is 556 g/mol. The molecule has 3 aromatic carbocycles. The number of nitrogens with one attached hydrogen (secondary N) is 1. The molecular formula is C32H20N4O4S. The summed E-state index contributed by atoms with van der Waals surface area (Å²) < 4.78 is 13.2. The van der Waals surface area contributed by atoms with Crippen LogP contribution in [0, 0.1) is 0 Å². The van der Waals surface area contributed by atoms with Gasteiger partial charge in [-0.25, -0.2) is 14.5 Å². The van der Waals surface area contributed by atoms with E-state index < -0.39 is 5.63 Å². The number of para-hydroxylation sites is 3. The van der Waals surface area contributed by atoms with Crippen molar-refractivity contribution in [2.24, 2.45) is 0 Å². The van der Waals surface area contributed by atoms with E-state index in [1.54, 1.807) is 34.3 Å². The Labute approximate surface area is 236 Å². The molecular weight excluding hydrogens is 536 g/mol. The number of carbonyl (C=O) groups is 1. The van der Waals surface area contributed by atoms with Gasteiger partial charge in [0.2, 0.25) is 5.91 Å². The van der Waals surface area contributed by atoms with Crippen molar-refractivity contribution in [2.45, 2.75) is 0 Å². The zero-order valence-corrected chi connectivity index (χ0v) is 22.2. The lowest BCUT2D eigenvalue weighted by atomic mass is 10.1. The number of hydrogen-bond acceptors (Lipinski definition) is 7. The highest BCUT2D eigenvalue weighted by molar-refractivity contribution is 7.14. The maximum absolute atomic E-state index is 12.9. The number of benzene rings is 3. The van der Waals surface area contributed by atoms with Crippen LogP contribution in [-0.4, -0.2) is 20.7 Å². The van der Waals surface area contributed by atoms with Crippen LogP contribution in [0.4, 0.5) is 5.13 Å². The third-order valence-electron chi connectivity index (χ3n) is 6.49. The van der Waals surface area contributed by atoms with Crippen molar-refractivity contribution in [3.8, 4) is 28.4 Å². The number of anilines is 1. The molecule has 0 saturated carbocycles. The summed E-state index contributed by atoms with van der Waals surface area (Å²) >= 11 is 1.22. The molecule has 0 spiro atoms. The summed E-state index contributed by atoms with van der Waals surface area (Å²) in [6.07, 6.45) is 4.96. The maximum Gasteiger partial charge on any atom is 0.345 e. The van der Waals surface area contributed by atoms with Gasteiger partial charge >= 0.3 is 5.63 Å². The largest absolute Gasteiger partial charge is 0.454 e. The standard InChI is InChI=1S/C32H20N4O4S/c37-29(34-32-33-25(19-41-32)24-16-20-8-4-7-13-27(20)40-31(24)38)15-14-22-18-36(23-10-2-1-3-11-23)35-30(22)28-17-21-9-5-6-12-26(21)39-28/h1-19H,(H,33,34,37). The van der Waals surface area contributed by atoms with E-state index in [-0.39, 0.29) is 5.91 Å². The molecule has 0 bridgehead atoms. The van der Waals surface area contributed by atoms with Crippen LogP contribution in [0.3, 0.4) is 0 Å². The highest BCUT2D eigenvalue weighted by Crippen LogP contribution is 2.31. The second-order valence-electron chi connectivity index (χ2n) is 9.21. The van der Waals surface area contributed by atoms with Gasteiger partial charge in [0.15, 0.2) is 10.9 Å². The normalized spacial score (nSPS) is 11.5. The molecule has 0 aliphatic rings. The molecule has 0 atom stereocenters. The SMILES string of the molecule is O=C(C=Cc1cn(-c2ccccc2)nc1-c1cc2ccccc2o1)Nc1nc(-c2cc3ccccc3oc2=O)cs1. The van der Waals surface area contributed by atoms with E-state index in [1.807, 2.05) is 79.0 Å². The average Bonchev–Trinajstić information content (AvgIpc) is 3.74. The minimum atomic E-state index is -0.486. The van der Waals surface area contributed by atoms with Gasteiger partial charge in [0, 0.05) is 34.0 Å². The summed E-state index contributed by atoms with van der Waals surface area (Å²) in [7, 11) is 0. The van der Waals surface area contributed by atoms with E-state index in [1.165, 1.54) is 17.4 Å². The van der Waals surface area contributed by atoms with E-state index in [4.69, 9.17) is 13.9 Å². The van der Waals surface area contributed by atoms with Gasteiger partial charge in [-0.05, 0) is 42.5 Å². The van der Waals surface area contributed by atoms with Crippen LogP contribution in [0.25, 0.3) is 56.4 Å². The fourth-order valence-electron chi connectivity index (χ4n) is 4.52. The molecule has 8 nitrogen and oxygen atoms in total. The van der Waals surface area contributed by atoms with E-state index in [0.717, 1.165) is 22.0 Å². The van der Waals surface area contributed by atoms with E-state index in [0.29, 0.717) is 39.0 Å². The van der Waals surface area contributed by atoms with Gasteiger partial charge in [-0.2, -0.15) is 5.10 Å². The Bertz CT molecular complexity index is 2100. The van der Waals surface area contributed by atoms with Gasteiger partial charge in [0.25, 0.3) is 0 Å². The zero-order chi connectivity index (χ0) is 27.8. The van der Waals surface area contributed by atoms with Crippen LogP contribution in [0.2, 0.25) is 0 Å². The van der Waals surface area contributed by atoms with E-state index in [9.17, 15) is 9.59 Å². The highest BCUT2D eigenvalue weighted by Gasteiger charge is 2.16. The topological polar surface area (TPSA) is 103 Å². The first kappa shape index (κ1) is 24.5. The molecule has 0 unspecified atom stereocenters. The third-order valence-corrected chi connectivity index (χ3v) is 7.25. The lowest BCUT2D eigenvalue weighted by Gasteiger charge is -1.99. The van der Waals surface area contributed by atoms with Gasteiger partial charge in [0.05, 0.1) is 16.9 Å². The molecule has 0 aliphatic heterocycles. The summed E-state index contributed by atoms with van der Waals surface area (Å²) in [6, 6.07) is 28.4. The molecule has 198 valence electrons. The fraction of sp³-hybridized carbons (Fsp3) is 0. The smallest absolute Gasteiger partial charge is 0.345 e. The quantitative estimate of drug-likeness (QED) is 0.172. The Kier molecular flexibility index (Phi) is 6.10. The third kappa shape index (κ3) is 4.86. The van der Waals surface area contributed by atoms with Gasteiger partial charge in [-0.1, -0.05) is 54.6 Å². The number of aromatic nitrogens is 3. The Morgan fingerprint density at radius 3 is 2.37 bits per heavy atom. The summed E-state index contributed by atoms with van der Waals surface area (Å²) in [5, 5.41) is 11.4. The number of amides is 1. The Hall–Kier alpha value is -5.54. The van der Waals surface area contributed by atoms with Gasteiger partial charge in [-0.3, -0.25) is 10.1 Å². The minimum absolute atomic E-state index is 0.333. The Morgan fingerprint density at radius 1 is 0.878 bits per heavy atom. The number of thiazole rings is 1. The van der Waals surface area contributed by atoms with E-state index >= 15 is 0 Å². The van der Waals surface area contributed by atoms with Crippen LogP contribution >= 0.6 is 11.3 Å². The average molecular weight is 557 g/mol. The summed E-state index contributed by atoms with van der Waals surface area (Å²) in [6.45, 7) is 0. The van der Waals surface area contributed by atoms with Crippen molar-refractivity contribution >= 4 is 50.4 Å². The van der Waals surface area contributed by atoms with Gasteiger partial charge in [0.1, 0.15) is 16.9 Å². The molecule has 1 amide bonds. The predicted octanol–water partition coefficient (Wildman–Crippen LogP) is 7.17. The maximum atomic E-state index is 12.9. The first-order valence-corrected chi connectivity index (χ1v) is 13.6. The first-order chi connectivity index (χ1) is 20.1. The van der Waals surface area contributed by atoms with Crippen molar-refractivity contribution in [3.05, 3.63) is 125 Å². The fourth-order valence-corrected chi connectivity index (χ4v) is 5.23. The molecule has 41 heavy (non-hydrogen) atoms. The second-order valence-corrected chi connectivity index (χ2v) is 10.1. The van der Waals surface area contributed by atoms with Gasteiger partial charge in [-0.15, -0.1) is 11.3 Å². The summed E-state index contributed by atoms with van der Waals surface area (Å²) in [4.78, 5) is 29.8. The molecule has 7 rings (SSSR count). The Morgan fingerprint density at radius 2 is 1.59 bits per heavy atom. The highest BCUT2D eigenvalue weighted by atomic mass is 32.1. The summed E-state index contributed by atoms with van der Waals surface area (Å²) in [5.74, 6) is 0.221. The van der Waals surface area contributed by atoms with Crippen LogP contribution in [-0.2, 0) is 4.79 Å². The molecule has 0 radical (unpaired) electrons. The Balaban J connectivity index is 1.16. The number of hydrogen-bond donors (Lipinski definition) is 1. The molecule has 4 aromatic heterocycles. The van der Waals surface area contributed by atoms with Crippen LogP contribution in [0.1, 0.15) is 5.56 Å². The number of fused-ring (bicyclic) bond motifs is 2. The zero-order valence-electron chi connectivity index (χ0n) is 21.4. The van der Waals surface area contributed by atoms with Crippen LogP contribution in [0.5, 0.6) is 0 Å². The minimum Gasteiger partial charge on any atom is -0.454 e. The summed E-state index contributed by atoms with van der Waals surface area (Å²) in [5.41, 5.74) is 3.73. The molecule has 0 saturated heterocycles. The van der Waals surface area contributed by atoms with Crippen molar-refractivity contribution in [1.82, 2.24) is 14.8 Å². The lowest BCUT2D eigenvalue weighted by molar-refractivity contribution is -0.111. The second kappa shape index (κ2) is 10.2. The number of carbonyl (C=O) groups excluding carboxylic acids is 1. The molecule has 1 N–H and O–H groups in total. The molecule has 0 aliphatic carbocycles. The number of rotatable bonds is 6. The molecule has 0 fully saturated rings. The molecule has 4 heterocycles. The molecule has 9 heteroatoms. The van der Waals surface area contributed by atoms with Gasteiger partial charge < -0.3 is 8.83 Å². The number of nitrogens with zero attached hydrogens (tertiary/aromatic N) is 3. The first-order valence-electron chi connectivity index (χ1n) is 12.7. The van der Waals surface area contributed by atoms with Crippen LogP contribution in [0.15, 0.2) is 122 Å². The number of furan rings is 1. The lowest BCUT2D eigenvalue weighted by Crippen LogP contribution is -2.08. The predicted molar refractivity (Wildman–Crippen MR) is 160 cm³/mol.